The molecule has 0 bridgehead atoms. The molecule has 1 fully saturated rings. The summed E-state index contributed by atoms with van der Waals surface area (Å²) >= 11 is 0. The van der Waals surface area contributed by atoms with E-state index in [1.54, 1.807) is 6.07 Å². The maximum atomic E-state index is 12.2. The highest BCUT2D eigenvalue weighted by molar-refractivity contribution is 5.97. The number of amides is 1. The van der Waals surface area contributed by atoms with Gasteiger partial charge >= 0.3 is 0 Å². The van der Waals surface area contributed by atoms with E-state index < -0.39 is 4.92 Å². The number of carbonyl (C=O) groups excluding carboxylic acids is 1. The molecule has 0 radical (unpaired) electrons. The number of morpholine rings is 1. The Morgan fingerprint density at radius 2 is 2.18 bits per heavy atom. The summed E-state index contributed by atoms with van der Waals surface area (Å²) < 4.78 is 5.15. The van der Waals surface area contributed by atoms with Crippen molar-refractivity contribution >= 4 is 17.3 Å². The Hall–Kier alpha value is -2.92. The fourth-order valence-electron chi connectivity index (χ4n) is 1.94. The molecule has 1 aromatic rings. The van der Waals surface area contributed by atoms with Gasteiger partial charge in [0.05, 0.1) is 18.1 Å². The highest BCUT2D eigenvalue weighted by Crippen LogP contribution is 2.17. The molecule has 0 spiro atoms. The second kappa shape index (κ2) is 7.19. The molecule has 1 heterocycles. The van der Waals surface area contributed by atoms with Crippen LogP contribution in [0.2, 0.25) is 0 Å². The van der Waals surface area contributed by atoms with Crippen LogP contribution >= 0.6 is 0 Å². The zero-order chi connectivity index (χ0) is 15.9. The number of ether oxygens (including phenoxy) is 1. The average Bonchev–Trinajstić information content (AvgIpc) is 2.56. The Bertz CT molecular complexity index is 644. The van der Waals surface area contributed by atoms with Crippen LogP contribution in [-0.4, -0.2) is 42.0 Å². The van der Waals surface area contributed by atoms with Crippen molar-refractivity contribution in [2.45, 2.75) is 0 Å². The number of nitrogens with one attached hydrogen (secondary N) is 1. The van der Waals surface area contributed by atoms with Gasteiger partial charge in [0.15, 0.2) is 0 Å². The van der Waals surface area contributed by atoms with E-state index in [1.807, 2.05) is 6.07 Å². The van der Waals surface area contributed by atoms with Crippen LogP contribution in [0.5, 0.6) is 0 Å². The zero-order valence-electron chi connectivity index (χ0n) is 11.7. The summed E-state index contributed by atoms with van der Waals surface area (Å²) in [5, 5.41) is 22.5. The minimum atomic E-state index is -0.515. The summed E-state index contributed by atoms with van der Waals surface area (Å²) in [7, 11) is 0. The van der Waals surface area contributed by atoms with E-state index >= 15 is 0 Å². The molecule has 2 rings (SSSR count). The van der Waals surface area contributed by atoms with Crippen molar-refractivity contribution in [3.63, 3.8) is 0 Å². The van der Waals surface area contributed by atoms with Crippen molar-refractivity contribution in [2.24, 2.45) is 0 Å². The van der Waals surface area contributed by atoms with E-state index in [0.717, 1.165) is 0 Å². The molecule has 1 aliphatic rings. The Balaban J connectivity index is 2.09. The number of hydrogen-bond donors (Lipinski definition) is 1. The van der Waals surface area contributed by atoms with Crippen LogP contribution in [0, 0.1) is 21.4 Å². The van der Waals surface area contributed by atoms with Gasteiger partial charge in [-0.15, -0.1) is 0 Å². The van der Waals surface area contributed by atoms with E-state index in [0.29, 0.717) is 32.0 Å². The molecule has 1 N–H and O–H groups in total. The monoisotopic (exact) mass is 302 g/mol. The lowest BCUT2D eigenvalue weighted by molar-refractivity contribution is -0.384. The first-order valence-corrected chi connectivity index (χ1v) is 6.60. The van der Waals surface area contributed by atoms with Crippen molar-refractivity contribution < 1.29 is 14.5 Å². The quantitative estimate of drug-likeness (QED) is 0.388. The summed E-state index contributed by atoms with van der Waals surface area (Å²) in [6.45, 7) is 1.77. The van der Waals surface area contributed by atoms with Crippen LogP contribution < -0.4 is 5.32 Å². The fourth-order valence-corrected chi connectivity index (χ4v) is 1.94. The van der Waals surface area contributed by atoms with Crippen molar-refractivity contribution in [1.82, 2.24) is 4.90 Å². The Kier molecular flexibility index (Phi) is 5.06. The second-order valence-corrected chi connectivity index (χ2v) is 4.53. The predicted octanol–water partition coefficient (Wildman–Crippen LogP) is 1.27. The smallest absolute Gasteiger partial charge is 0.271 e. The third kappa shape index (κ3) is 3.80. The van der Waals surface area contributed by atoms with Crippen LogP contribution in [0.3, 0.4) is 0 Å². The standard InChI is InChI=1S/C14H14N4O4/c15-9-11(14(19)17-4-6-22-7-5-17)10-16-12-2-1-3-13(8-12)18(20)21/h1-3,8,10,16H,4-7H2/b11-10-. The highest BCUT2D eigenvalue weighted by Gasteiger charge is 2.20. The molecule has 1 saturated heterocycles. The number of nitrogens with zero attached hydrogens (tertiary/aromatic N) is 3. The minimum Gasteiger partial charge on any atom is -0.378 e. The third-order valence-electron chi connectivity index (χ3n) is 3.09. The van der Waals surface area contributed by atoms with E-state index in [2.05, 4.69) is 5.32 Å². The van der Waals surface area contributed by atoms with Gasteiger partial charge in [-0.1, -0.05) is 6.07 Å². The molecular weight excluding hydrogens is 288 g/mol. The number of nitriles is 1. The van der Waals surface area contributed by atoms with Crippen LogP contribution in [0.1, 0.15) is 0 Å². The molecule has 0 unspecified atom stereocenters. The lowest BCUT2D eigenvalue weighted by atomic mass is 10.2. The normalized spacial score (nSPS) is 15.0. The predicted molar refractivity (Wildman–Crippen MR) is 77.8 cm³/mol. The minimum absolute atomic E-state index is 0.0617. The number of benzene rings is 1. The Morgan fingerprint density at radius 1 is 1.45 bits per heavy atom. The van der Waals surface area contributed by atoms with Gasteiger partial charge in [-0.2, -0.15) is 5.26 Å². The molecule has 1 amide bonds. The van der Waals surface area contributed by atoms with Gasteiger partial charge in [-0.25, -0.2) is 0 Å². The molecule has 114 valence electrons. The maximum absolute atomic E-state index is 12.2. The molecule has 0 aromatic heterocycles. The van der Waals surface area contributed by atoms with Gasteiger partial charge in [-0.3, -0.25) is 14.9 Å². The number of rotatable bonds is 4. The van der Waals surface area contributed by atoms with Crippen molar-refractivity contribution in [2.75, 3.05) is 31.6 Å². The van der Waals surface area contributed by atoms with Crippen molar-refractivity contribution in [1.29, 1.82) is 5.26 Å². The highest BCUT2D eigenvalue weighted by atomic mass is 16.6. The summed E-state index contributed by atoms with van der Waals surface area (Å²) in [6, 6.07) is 7.65. The van der Waals surface area contributed by atoms with Crippen molar-refractivity contribution in [3.05, 3.63) is 46.2 Å². The van der Waals surface area contributed by atoms with Gasteiger partial charge in [0, 0.05) is 37.1 Å². The van der Waals surface area contributed by atoms with Crippen LogP contribution in [0.25, 0.3) is 0 Å². The molecule has 8 nitrogen and oxygen atoms in total. The summed E-state index contributed by atoms with van der Waals surface area (Å²) in [6.07, 6.45) is 1.26. The molecule has 1 aliphatic heterocycles. The zero-order valence-corrected chi connectivity index (χ0v) is 11.7. The number of non-ortho nitro benzene ring substituents is 1. The number of anilines is 1. The molecular formula is C14H14N4O4. The van der Waals surface area contributed by atoms with Gasteiger partial charge in [0.1, 0.15) is 11.6 Å². The molecule has 0 saturated carbocycles. The average molecular weight is 302 g/mol. The van der Waals surface area contributed by atoms with Gasteiger partial charge in [0.25, 0.3) is 11.6 Å². The number of nitro benzene ring substituents is 1. The first-order valence-electron chi connectivity index (χ1n) is 6.60. The van der Waals surface area contributed by atoms with Crippen LogP contribution in [0.15, 0.2) is 36.0 Å². The SMILES string of the molecule is N#C/C(=C/Nc1cccc([N+](=O)[O-])c1)C(=O)N1CCOCC1. The summed E-state index contributed by atoms with van der Waals surface area (Å²) in [5.74, 6) is -0.385. The number of hydrogen-bond acceptors (Lipinski definition) is 6. The third-order valence-corrected chi connectivity index (χ3v) is 3.09. The van der Waals surface area contributed by atoms with Gasteiger partial charge in [0.2, 0.25) is 0 Å². The Morgan fingerprint density at radius 3 is 2.82 bits per heavy atom. The molecule has 8 heteroatoms. The van der Waals surface area contributed by atoms with Gasteiger partial charge in [-0.05, 0) is 6.07 Å². The summed E-state index contributed by atoms with van der Waals surface area (Å²) in [4.78, 5) is 23.9. The molecule has 1 aromatic carbocycles. The first-order chi connectivity index (χ1) is 10.6. The molecule has 0 atom stereocenters. The lowest BCUT2D eigenvalue weighted by Crippen LogP contribution is -2.41. The van der Waals surface area contributed by atoms with Crippen LogP contribution in [0.4, 0.5) is 11.4 Å². The van der Waals surface area contributed by atoms with E-state index in [9.17, 15) is 14.9 Å². The summed E-state index contributed by atoms with van der Waals surface area (Å²) in [5.41, 5.74) is 0.293. The fraction of sp³-hybridized carbons (Fsp3) is 0.286. The van der Waals surface area contributed by atoms with Crippen molar-refractivity contribution in [3.8, 4) is 6.07 Å². The molecule has 0 aliphatic carbocycles. The maximum Gasteiger partial charge on any atom is 0.271 e. The lowest BCUT2D eigenvalue weighted by Gasteiger charge is -2.26. The van der Waals surface area contributed by atoms with E-state index in [4.69, 9.17) is 10.00 Å². The second-order valence-electron chi connectivity index (χ2n) is 4.53. The number of nitro groups is 1. The number of carbonyl (C=O) groups is 1. The molecule has 22 heavy (non-hydrogen) atoms. The largest absolute Gasteiger partial charge is 0.378 e. The van der Waals surface area contributed by atoms with Crippen LogP contribution in [-0.2, 0) is 9.53 Å². The van der Waals surface area contributed by atoms with E-state index in [1.165, 1.54) is 29.3 Å². The first kappa shape index (κ1) is 15.5. The Labute approximate surface area is 126 Å². The van der Waals surface area contributed by atoms with Gasteiger partial charge < -0.3 is 15.0 Å². The van der Waals surface area contributed by atoms with E-state index in [-0.39, 0.29) is 17.2 Å². The topological polar surface area (TPSA) is 108 Å².